The first-order valence-electron chi connectivity index (χ1n) is 12.5. The Hall–Kier alpha value is -3.77. The van der Waals surface area contributed by atoms with Gasteiger partial charge in [-0.3, -0.25) is 9.59 Å². The van der Waals surface area contributed by atoms with E-state index in [0.717, 1.165) is 29.7 Å². The molecule has 1 aliphatic carbocycles. The third kappa shape index (κ3) is 3.82. The number of nitrogens with zero attached hydrogens (tertiary/aromatic N) is 5. The van der Waals surface area contributed by atoms with E-state index in [-0.39, 0.29) is 35.5 Å². The molecule has 0 unspecified atom stereocenters. The van der Waals surface area contributed by atoms with Gasteiger partial charge >= 0.3 is 0 Å². The molecule has 3 atom stereocenters. The summed E-state index contributed by atoms with van der Waals surface area (Å²) < 4.78 is 1.52. The summed E-state index contributed by atoms with van der Waals surface area (Å²) in [6.45, 7) is 1.02. The maximum atomic E-state index is 12.7. The number of aliphatic hydroxyl groups excluding tert-OH is 1. The molecule has 2 bridgehead atoms. The van der Waals surface area contributed by atoms with E-state index in [2.05, 4.69) is 21.9 Å². The van der Waals surface area contributed by atoms with E-state index < -0.39 is 6.61 Å². The monoisotopic (exact) mass is 484 g/mol. The number of amides is 1. The van der Waals surface area contributed by atoms with Crippen LogP contribution in [-0.2, 0) is 4.79 Å². The van der Waals surface area contributed by atoms with Gasteiger partial charge in [0.2, 0.25) is 5.91 Å². The van der Waals surface area contributed by atoms with Crippen molar-refractivity contribution in [1.82, 2.24) is 24.5 Å². The van der Waals surface area contributed by atoms with E-state index in [9.17, 15) is 14.7 Å². The molecule has 36 heavy (non-hydrogen) atoms. The molecule has 5 heterocycles. The van der Waals surface area contributed by atoms with Gasteiger partial charge in [0.05, 0.1) is 17.5 Å². The minimum Gasteiger partial charge on any atom is -0.387 e. The van der Waals surface area contributed by atoms with Crippen molar-refractivity contribution >= 4 is 23.2 Å². The zero-order valence-corrected chi connectivity index (χ0v) is 20.1. The first kappa shape index (κ1) is 22.7. The Morgan fingerprint density at radius 3 is 2.50 bits per heavy atom. The van der Waals surface area contributed by atoms with Crippen molar-refractivity contribution in [1.29, 1.82) is 0 Å². The van der Waals surface area contributed by atoms with Crippen LogP contribution in [0, 0.1) is 17.8 Å². The minimum atomic E-state index is -0.480. The lowest BCUT2D eigenvalue weighted by atomic mass is 9.85. The molecule has 0 radical (unpaired) electrons. The fraction of sp³-hybridized carbons (Fsp3) is 0.444. The smallest absolute Gasteiger partial charge is 0.248 e. The number of pyridine rings is 1. The molecule has 3 N–H and O–H groups in total. The second-order valence-corrected chi connectivity index (χ2v) is 10.1. The van der Waals surface area contributed by atoms with Gasteiger partial charge in [0, 0.05) is 41.2 Å². The van der Waals surface area contributed by atoms with E-state index in [1.165, 1.54) is 24.3 Å². The Morgan fingerprint density at radius 2 is 1.89 bits per heavy atom. The Bertz CT molecular complexity index is 1420. The van der Waals surface area contributed by atoms with Crippen LogP contribution < -0.4 is 5.73 Å². The highest BCUT2D eigenvalue weighted by Gasteiger charge is 2.44. The summed E-state index contributed by atoms with van der Waals surface area (Å²) >= 11 is 0. The molecule has 0 aromatic carbocycles. The highest BCUT2D eigenvalue weighted by molar-refractivity contribution is 6.00. The van der Waals surface area contributed by atoms with Crippen LogP contribution in [0.15, 0.2) is 24.5 Å². The van der Waals surface area contributed by atoms with Crippen LogP contribution in [0.5, 0.6) is 0 Å². The Kier molecular flexibility index (Phi) is 5.49. The second-order valence-electron chi connectivity index (χ2n) is 10.1. The lowest BCUT2D eigenvalue weighted by Crippen LogP contribution is -2.47. The van der Waals surface area contributed by atoms with Gasteiger partial charge in [0.1, 0.15) is 18.1 Å². The molecule has 3 aliphatic rings. The van der Waals surface area contributed by atoms with Crippen molar-refractivity contribution in [2.24, 2.45) is 5.92 Å². The van der Waals surface area contributed by atoms with Gasteiger partial charge in [0.25, 0.3) is 0 Å². The van der Waals surface area contributed by atoms with Crippen molar-refractivity contribution in [3.05, 3.63) is 41.5 Å². The highest BCUT2D eigenvalue weighted by Crippen LogP contribution is 2.44. The largest absolute Gasteiger partial charge is 0.387 e. The van der Waals surface area contributed by atoms with E-state index in [0.29, 0.717) is 35.7 Å². The quantitative estimate of drug-likeness (QED) is 0.430. The first-order valence-corrected chi connectivity index (χ1v) is 12.5. The van der Waals surface area contributed by atoms with Crippen LogP contribution in [0.25, 0.3) is 16.8 Å². The highest BCUT2D eigenvalue weighted by atomic mass is 16.3. The standard InChI is InChI=1S/C27H28N6O3/c1-15(35)24-25(18-10-20-8-9-21(11-18)32(20)23(36)14-34)31-27-22(13-30-33(27)26(24)28)17-5-7-19(29-12-17)6-4-16-2-3-16/h5,7,12-13,16,18,20-21,34H,2-3,8-11,14,28H2,1H3/t18-,20-,21+. The number of hydrogen-bond donors (Lipinski definition) is 2. The van der Waals surface area contributed by atoms with E-state index in [1.54, 1.807) is 12.4 Å². The first-order chi connectivity index (χ1) is 17.4. The average Bonchev–Trinajstić information content (AvgIpc) is 3.55. The van der Waals surface area contributed by atoms with Gasteiger partial charge in [-0.05, 0) is 63.5 Å². The number of nitrogen functional groups attached to an aromatic ring is 1. The van der Waals surface area contributed by atoms with Gasteiger partial charge in [-0.25, -0.2) is 9.97 Å². The molecule has 3 aromatic heterocycles. The predicted octanol–water partition coefficient (Wildman–Crippen LogP) is 2.57. The number of carbonyl (C=O) groups excluding carboxylic acids is 2. The third-order valence-corrected chi connectivity index (χ3v) is 7.66. The number of carbonyl (C=O) groups is 2. The molecule has 9 nitrogen and oxygen atoms in total. The van der Waals surface area contributed by atoms with Crippen LogP contribution >= 0.6 is 0 Å². The predicted molar refractivity (Wildman–Crippen MR) is 133 cm³/mol. The molecule has 9 heteroatoms. The Labute approximate surface area is 208 Å². The maximum Gasteiger partial charge on any atom is 0.248 e. The van der Waals surface area contributed by atoms with Crippen LogP contribution in [0.4, 0.5) is 5.82 Å². The Morgan fingerprint density at radius 1 is 1.14 bits per heavy atom. The number of piperidine rings is 1. The second kappa shape index (κ2) is 8.71. The third-order valence-electron chi connectivity index (χ3n) is 7.66. The van der Waals surface area contributed by atoms with Crippen molar-refractivity contribution in [2.45, 2.75) is 63.5 Å². The van der Waals surface area contributed by atoms with Gasteiger partial charge in [-0.2, -0.15) is 9.61 Å². The summed E-state index contributed by atoms with van der Waals surface area (Å²) in [4.78, 5) is 36.3. The number of ketones is 1. The summed E-state index contributed by atoms with van der Waals surface area (Å²) in [5, 5.41) is 13.9. The molecule has 3 aromatic rings. The maximum absolute atomic E-state index is 12.7. The zero-order valence-electron chi connectivity index (χ0n) is 20.1. The molecule has 1 saturated carbocycles. The number of aromatic nitrogens is 4. The molecular weight excluding hydrogens is 456 g/mol. The molecule has 0 spiro atoms. The lowest BCUT2D eigenvalue weighted by Gasteiger charge is -2.39. The van der Waals surface area contributed by atoms with Gasteiger partial charge < -0.3 is 15.7 Å². The molecule has 6 rings (SSSR count). The number of fused-ring (bicyclic) bond motifs is 3. The topological polar surface area (TPSA) is 127 Å². The summed E-state index contributed by atoms with van der Waals surface area (Å²) in [5.41, 5.74) is 10.5. The van der Waals surface area contributed by atoms with Gasteiger partial charge in [0.15, 0.2) is 11.4 Å². The molecule has 184 valence electrons. The van der Waals surface area contributed by atoms with Crippen molar-refractivity contribution in [3.8, 4) is 23.0 Å². The van der Waals surface area contributed by atoms with Crippen LogP contribution in [0.3, 0.4) is 0 Å². The van der Waals surface area contributed by atoms with Crippen molar-refractivity contribution in [2.75, 3.05) is 12.3 Å². The van der Waals surface area contributed by atoms with E-state index >= 15 is 0 Å². The minimum absolute atomic E-state index is 0.0163. The van der Waals surface area contributed by atoms with Crippen molar-refractivity contribution in [3.63, 3.8) is 0 Å². The SMILES string of the molecule is CC(=O)c1c([C@@H]2C[C@H]3CC[C@@H](C2)N3C(=O)CO)nc2c(-c3ccc(C#CC4CC4)nc3)cnn2c1N. The number of aliphatic hydroxyl groups is 1. The number of nitrogens with two attached hydrogens (primary N) is 1. The molecule has 1 amide bonds. The summed E-state index contributed by atoms with van der Waals surface area (Å²) in [5.74, 6) is 6.73. The van der Waals surface area contributed by atoms with Crippen LogP contribution in [-0.4, -0.2) is 60.0 Å². The summed E-state index contributed by atoms with van der Waals surface area (Å²) in [6, 6.07) is 3.92. The van der Waals surface area contributed by atoms with Crippen LogP contribution in [0.2, 0.25) is 0 Å². The van der Waals surface area contributed by atoms with E-state index in [4.69, 9.17) is 10.7 Å². The molecular formula is C27H28N6O3. The summed E-state index contributed by atoms with van der Waals surface area (Å²) in [7, 11) is 0. The fourth-order valence-electron chi connectivity index (χ4n) is 5.81. The fourth-order valence-corrected chi connectivity index (χ4v) is 5.81. The van der Waals surface area contributed by atoms with Crippen LogP contribution in [0.1, 0.15) is 73.1 Å². The number of rotatable bonds is 4. The van der Waals surface area contributed by atoms with Gasteiger partial charge in [-0.15, -0.1) is 0 Å². The average molecular weight is 485 g/mol. The Balaban J connectivity index is 1.39. The molecule has 2 aliphatic heterocycles. The number of Topliss-reactive ketones (excluding diaryl/α,β-unsaturated/α-hetero) is 1. The van der Waals surface area contributed by atoms with E-state index in [1.807, 2.05) is 17.0 Å². The van der Waals surface area contributed by atoms with Crippen molar-refractivity contribution < 1.29 is 14.7 Å². The van der Waals surface area contributed by atoms with Gasteiger partial charge in [-0.1, -0.05) is 5.92 Å². The lowest BCUT2D eigenvalue weighted by molar-refractivity contribution is -0.138. The molecule has 2 saturated heterocycles. The zero-order chi connectivity index (χ0) is 25.0. The normalized spacial score (nSPS) is 22.9. The number of hydrogen-bond acceptors (Lipinski definition) is 7. The molecule has 3 fully saturated rings. The summed E-state index contributed by atoms with van der Waals surface area (Å²) in [6.07, 6.45) is 8.95. The number of anilines is 1.